The number of aromatic nitrogens is 2. The first-order chi connectivity index (χ1) is 10.4. The number of benzene rings is 1. The summed E-state index contributed by atoms with van der Waals surface area (Å²) in [5.74, 6) is -1.80. The zero-order valence-electron chi connectivity index (χ0n) is 11.0. The summed E-state index contributed by atoms with van der Waals surface area (Å²) < 4.78 is 63.7. The smallest absolute Gasteiger partial charge is 0.296 e. The third-order valence-corrected chi connectivity index (χ3v) is 4.43. The molecule has 1 aromatic carbocycles. The normalized spacial score (nSPS) is 12.3. The van der Waals surface area contributed by atoms with Gasteiger partial charge in [0, 0.05) is 6.07 Å². The minimum atomic E-state index is -4.84. The maximum absolute atomic E-state index is 11.4. The van der Waals surface area contributed by atoms with Crippen LogP contribution in [0.3, 0.4) is 0 Å². The molecule has 0 spiro atoms. The van der Waals surface area contributed by atoms with Gasteiger partial charge < -0.3 is 10.8 Å². The maximum atomic E-state index is 11.4. The molecule has 0 aliphatic rings. The van der Waals surface area contributed by atoms with Gasteiger partial charge in [-0.25, -0.2) is 0 Å². The van der Waals surface area contributed by atoms with Crippen molar-refractivity contribution in [1.29, 1.82) is 0 Å². The maximum Gasteiger partial charge on any atom is 0.296 e. The Hall–Kier alpha value is -2.48. The van der Waals surface area contributed by atoms with E-state index in [9.17, 15) is 31.3 Å². The number of amides is 1. The second-order valence-corrected chi connectivity index (χ2v) is 7.05. The molecular weight excluding hydrogens is 354 g/mol. The number of hydrogen-bond acceptors (Lipinski definition) is 7. The molecule has 5 N–H and O–H groups in total. The van der Waals surface area contributed by atoms with E-state index in [0.717, 1.165) is 12.1 Å². The summed E-state index contributed by atoms with van der Waals surface area (Å²) in [6, 6.07) is 2.84. The lowest BCUT2D eigenvalue weighted by Crippen LogP contribution is -2.13. The second kappa shape index (κ2) is 5.31. The topological polar surface area (TPSA) is 190 Å². The van der Waals surface area contributed by atoms with E-state index in [1.807, 2.05) is 0 Å². The van der Waals surface area contributed by atoms with Gasteiger partial charge in [0.05, 0.1) is 10.6 Å². The Balaban J connectivity index is 2.85. The monoisotopic (exact) mass is 363 g/mol. The molecule has 1 aromatic heterocycles. The SMILES string of the molecule is NC(=O)c1cc(O)n(-c2cc(S(=O)(=O)O)ccc2S(=O)(=O)O)n1. The number of carbonyl (C=O) groups is 1. The minimum Gasteiger partial charge on any atom is -0.493 e. The Labute approximate surface area is 129 Å². The molecule has 13 heteroatoms. The van der Waals surface area contributed by atoms with Crippen LogP contribution in [0.15, 0.2) is 34.1 Å². The summed E-state index contributed by atoms with van der Waals surface area (Å²) in [6.07, 6.45) is 0. The van der Waals surface area contributed by atoms with Crippen molar-refractivity contribution in [2.24, 2.45) is 5.73 Å². The van der Waals surface area contributed by atoms with E-state index in [1.54, 1.807) is 0 Å². The van der Waals surface area contributed by atoms with E-state index >= 15 is 0 Å². The summed E-state index contributed by atoms with van der Waals surface area (Å²) in [4.78, 5) is 9.49. The number of hydrogen-bond donors (Lipinski definition) is 4. The predicted molar refractivity (Wildman–Crippen MR) is 73.4 cm³/mol. The third-order valence-electron chi connectivity index (χ3n) is 2.68. The summed E-state index contributed by atoms with van der Waals surface area (Å²) in [7, 11) is -9.54. The largest absolute Gasteiger partial charge is 0.493 e. The Bertz CT molecular complexity index is 1010. The molecule has 0 atom stereocenters. The lowest BCUT2D eigenvalue weighted by Gasteiger charge is -2.09. The molecule has 23 heavy (non-hydrogen) atoms. The molecule has 1 amide bonds. The lowest BCUT2D eigenvalue weighted by atomic mass is 10.3. The zero-order valence-corrected chi connectivity index (χ0v) is 12.6. The molecule has 0 radical (unpaired) electrons. The van der Waals surface area contributed by atoms with Crippen LogP contribution in [-0.4, -0.2) is 46.7 Å². The van der Waals surface area contributed by atoms with E-state index < -0.39 is 53.2 Å². The fourth-order valence-electron chi connectivity index (χ4n) is 1.71. The predicted octanol–water partition coefficient (Wildman–Crippen LogP) is -0.830. The first-order valence-corrected chi connectivity index (χ1v) is 8.47. The Morgan fingerprint density at radius 3 is 2.13 bits per heavy atom. The highest BCUT2D eigenvalue weighted by Gasteiger charge is 2.24. The van der Waals surface area contributed by atoms with E-state index in [0.29, 0.717) is 16.8 Å². The standard InChI is InChI=1S/C10H9N3O8S2/c11-10(15)6-4-9(14)13(12-6)7-3-5(22(16,17)18)1-2-8(7)23(19,20)21/h1-4,14H,(H2,11,15)(H,16,17,18)(H,19,20,21). The molecule has 0 aliphatic carbocycles. The Morgan fingerprint density at radius 1 is 1.09 bits per heavy atom. The Kier molecular flexibility index (Phi) is 3.90. The minimum absolute atomic E-state index is 0.443. The van der Waals surface area contributed by atoms with Crippen LogP contribution < -0.4 is 5.73 Å². The number of rotatable bonds is 4. The van der Waals surface area contributed by atoms with Crippen LogP contribution in [0.5, 0.6) is 5.88 Å². The molecule has 1 heterocycles. The van der Waals surface area contributed by atoms with Gasteiger partial charge in [-0.2, -0.15) is 26.6 Å². The molecule has 0 aliphatic heterocycles. The van der Waals surface area contributed by atoms with Crippen molar-refractivity contribution in [2.75, 3.05) is 0 Å². The quantitative estimate of drug-likeness (QED) is 0.502. The molecule has 0 fully saturated rings. The van der Waals surface area contributed by atoms with Crippen LogP contribution in [0.4, 0.5) is 0 Å². The van der Waals surface area contributed by atoms with Crippen molar-refractivity contribution in [1.82, 2.24) is 9.78 Å². The van der Waals surface area contributed by atoms with Crippen LogP contribution in [0, 0.1) is 0 Å². The molecular formula is C10H9N3O8S2. The van der Waals surface area contributed by atoms with E-state index in [-0.39, 0.29) is 0 Å². The summed E-state index contributed by atoms with van der Waals surface area (Å²) in [6.45, 7) is 0. The van der Waals surface area contributed by atoms with Gasteiger partial charge in [0.15, 0.2) is 5.69 Å². The van der Waals surface area contributed by atoms with Crippen LogP contribution in [0.25, 0.3) is 5.69 Å². The van der Waals surface area contributed by atoms with Gasteiger partial charge in [-0.15, -0.1) is 0 Å². The zero-order chi connectivity index (χ0) is 17.6. The van der Waals surface area contributed by atoms with Crippen molar-refractivity contribution in [3.8, 4) is 11.6 Å². The van der Waals surface area contributed by atoms with Gasteiger partial charge in [0.2, 0.25) is 5.88 Å². The molecule has 0 unspecified atom stereocenters. The molecule has 11 nitrogen and oxygen atoms in total. The van der Waals surface area contributed by atoms with Crippen molar-refractivity contribution in [3.63, 3.8) is 0 Å². The highest BCUT2D eigenvalue weighted by atomic mass is 32.2. The van der Waals surface area contributed by atoms with Crippen molar-refractivity contribution >= 4 is 26.1 Å². The van der Waals surface area contributed by atoms with Gasteiger partial charge in [0.1, 0.15) is 4.90 Å². The lowest BCUT2D eigenvalue weighted by molar-refractivity contribution is 0.0995. The molecule has 0 saturated carbocycles. The highest BCUT2D eigenvalue weighted by Crippen LogP contribution is 2.27. The molecule has 0 saturated heterocycles. The van der Waals surface area contributed by atoms with Crippen LogP contribution >= 0.6 is 0 Å². The molecule has 2 aromatic rings. The number of aromatic hydroxyl groups is 1. The number of nitrogens with zero attached hydrogens (tertiary/aromatic N) is 2. The van der Waals surface area contributed by atoms with Crippen molar-refractivity contribution in [3.05, 3.63) is 30.0 Å². The summed E-state index contributed by atoms with van der Waals surface area (Å²) in [5, 5.41) is 13.2. The van der Waals surface area contributed by atoms with Crippen LogP contribution in [0.1, 0.15) is 10.5 Å². The summed E-state index contributed by atoms with van der Waals surface area (Å²) in [5.41, 5.74) is 3.91. The van der Waals surface area contributed by atoms with Gasteiger partial charge >= 0.3 is 0 Å². The second-order valence-electron chi connectivity index (χ2n) is 4.24. The number of primary amides is 1. The number of nitrogens with two attached hydrogens (primary N) is 1. The van der Waals surface area contributed by atoms with E-state index in [1.165, 1.54) is 0 Å². The van der Waals surface area contributed by atoms with Crippen LogP contribution in [0.2, 0.25) is 0 Å². The van der Waals surface area contributed by atoms with Crippen LogP contribution in [-0.2, 0) is 20.2 Å². The van der Waals surface area contributed by atoms with Crippen molar-refractivity contribution in [2.45, 2.75) is 9.79 Å². The first-order valence-electron chi connectivity index (χ1n) is 5.59. The Morgan fingerprint density at radius 2 is 1.70 bits per heavy atom. The van der Waals surface area contributed by atoms with Crippen molar-refractivity contribution < 1.29 is 35.8 Å². The average Bonchev–Trinajstić information content (AvgIpc) is 2.78. The van der Waals surface area contributed by atoms with E-state index in [2.05, 4.69) is 5.10 Å². The van der Waals surface area contributed by atoms with Gasteiger partial charge in [-0.05, 0) is 18.2 Å². The average molecular weight is 363 g/mol. The van der Waals surface area contributed by atoms with Gasteiger partial charge in [-0.3, -0.25) is 13.9 Å². The highest BCUT2D eigenvalue weighted by molar-refractivity contribution is 7.86. The summed E-state index contributed by atoms with van der Waals surface area (Å²) >= 11 is 0. The third kappa shape index (κ3) is 3.31. The molecule has 0 bridgehead atoms. The van der Waals surface area contributed by atoms with Gasteiger partial charge in [-0.1, -0.05) is 0 Å². The first kappa shape index (κ1) is 16.9. The molecule has 2 rings (SSSR count). The molecule has 124 valence electrons. The van der Waals surface area contributed by atoms with E-state index in [4.69, 9.17) is 10.3 Å². The fraction of sp³-hybridized carbons (Fsp3) is 0. The fourth-order valence-corrected chi connectivity index (χ4v) is 2.86. The van der Waals surface area contributed by atoms with Gasteiger partial charge in [0.25, 0.3) is 26.1 Å². The number of carbonyl (C=O) groups excluding carboxylic acids is 1.